The second-order valence-corrected chi connectivity index (χ2v) is 3.53. The minimum Gasteiger partial charge on any atom is -0.412 e. The minimum atomic E-state index is -5.01. The van der Waals surface area contributed by atoms with E-state index in [9.17, 15) is 35.1 Å². The van der Waals surface area contributed by atoms with E-state index in [2.05, 4.69) is 9.47 Å². The van der Waals surface area contributed by atoms with Gasteiger partial charge < -0.3 is 9.47 Å². The summed E-state index contributed by atoms with van der Waals surface area (Å²) in [6.45, 7) is 0. The molecule has 1 aliphatic carbocycles. The van der Waals surface area contributed by atoms with Crippen LogP contribution >= 0.6 is 0 Å². The van der Waals surface area contributed by atoms with Gasteiger partial charge in [0, 0.05) is 0 Å². The lowest BCUT2D eigenvalue weighted by molar-refractivity contribution is -0.307. The van der Waals surface area contributed by atoms with Crippen molar-refractivity contribution in [3.8, 4) is 0 Å². The Labute approximate surface area is 87.8 Å². The standard InChI is InChI=1S/C7H2F8O2/c8-2(9)3-16-6(14)4(10,11)1-5(12,13)7(6,15)17-3/h1H2. The van der Waals surface area contributed by atoms with Gasteiger partial charge in [0.25, 0.3) is 0 Å². The Morgan fingerprint density at radius 2 is 1.18 bits per heavy atom. The van der Waals surface area contributed by atoms with Gasteiger partial charge >= 0.3 is 35.6 Å². The average molecular weight is 270 g/mol. The molecule has 2 unspecified atom stereocenters. The van der Waals surface area contributed by atoms with Gasteiger partial charge in [-0.1, -0.05) is 0 Å². The van der Waals surface area contributed by atoms with E-state index in [0.29, 0.717) is 0 Å². The van der Waals surface area contributed by atoms with Gasteiger partial charge in [-0.2, -0.15) is 35.1 Å². The van der Waals surface area contributed by atoms with Crippen LogP contribution in [0.15, 0.2) is 12.0 Å². The number of alkyl halides is 6. The first-order valence-electron chi connectivity index (χ1n) is 4.04. The maximum atomic E-state index is 13.4. The van der Waals surface area contributed by atoms with Crippen molar-refractivity contribution in [2.75, 3.05) is 0 Å². The Hall–Kier alpha value is -1.22. The first kappa shape index (κ1) is 12.2. The van der Waals surface area contributed by atoms with Crippen molar-refractivity contribution in [1.82, 2.24) is 0 Å². The highest BCUT2D eigenvalue weighted by molar-refractivity contribution is 5.20. The lowest BCUT2D eigenvalue weighted by Gasteiger charge is -2.25. The van der Waals surface area contributed by atoms with Gasteiger partial charge in [-0.3, -0.25) is 0 Å². The molecule has 1 saturated carbocycles. The Morgan fingerprint density at radius 1 is 0.824 bits per heavy atom. The van der Waals surface area contributed by atoms with Crippen LogP contribution in [0.3, 0.4) is 0 Å². The molecule has 0 spiro atoms. The van der Waals surface area contributed by atoms with E-state index in [4.69, 9.17) is 0 Å². The summed E-state index contributed by atoms with van der Waals surface area (Å²) in [6.07, 6.45) is -5.58. The summed E-state index contributed by atoms with van der Waals surface area (Å²) >= 11 is 0. The number of hydrogen-bond acceptors (Lipinski definition) is 2. The van der Waals surface area contributed by atoms with Crippen LogP contribution in [0.25, 0.3) is 0 Å². The second kappa shape index (κ2) is 2.78. The first-order valence-corrected chi connectivity index (χ1v) is 4.04. The zero-order valence-electron chi connectivity index (χ0n) is 7.55. The zero-order chi connectivity index (χ0) is 13.3. The van der Waals surface area contributed by atoms with E-state index in [1.807, 2.05) is 0 Å². The molecule has 2 atom stereocenters. The zero-order valence-corrected chi connectivity index (χ0v) is 7.55. The highest BCUT2D eigenvalue weighted by Gasteiger charge is 2.93. The molecule has 17 heavy (non-hydrogen) atoms. The molecule has 1 aliphatic heterocycles. The molecular weight excluding hydrogens is 268 g/mol. The van der Waals surface area contributed by atoms with E-state index < -0.39 is 42.0 Å². The molecule has 0 aromatic carbocycles. The summed E-state index contributed by atoms with van der Waals surface area (Å²) in [6, 6.07) is 0. The molecule has 2 nitrogen and oxygen atoms in total. The molecule has 0 radical (unpaired) electrons. The number of fused-ring (bicyclic) bond motifs is 1. The van der Waals surface area contributed by atoms with Crippen molar-refractivity contribution in [2.24, 2.45) is 0 Å². The van der Waals surface area contributed by atoms with Gasteiger partial charge in [0.05, 0.1) is 6.42 Å². The van der Waals surface area contributed by atoms with Gasteiger partial charge in [0.2, 0.25) is 0 Å². The summed E-state index contributed by atoms with van der Waals surface area (Å²) in [5, 5.41) is 0. The number of halogens is 8. The minimum absolute atomic E-state index is 2.31. The van der Waals surface area contributed by atoms with E-state index in [-0.39, 0.29) is 0 Å². The normalized spacial score (nSPS) is 41.8. The number of hydrogen-bond donors (Lipinski definition) is 0. The van der Waals surface area contributed by atoms with Crippen LogP contribution in [0.5, 0.6) is 0 Å². The topological polar surface area (TPSA) is 18.5 Å². The molecule has 0 N–H and O–H groups in total. The predicted octanol–water partition coefficient (Wildman–Crippen LogP) is 3.10. The van der Waals surface area contributed by atoms with E-state index in [1.165, 1.54) is 0 Å². The van der Waals surface area contributed by atoms with E-state index in [1.54, 1.807) is 0 Å². The third kappa shape index (κ3) is 1.15. The lowest BCUT2D eigenvalue weighted by Crippen LogP contribution is -2.54. The molecule has 1 saturated heterocycles. The largest absolute Gasteiger partial charge is 0.412 e. The van der Waals surface area contributed by atoms with Crippen LogP contribution in [0.2, 0.25) is 0 Å². The molecular formula is C7H2F8O2. The quantitative estimate of drug-likeness (QED) is 0.630. The molecule has 0 bridgehead atoms. The fraction of sp³-hybridized carbons (Fsp3) is 0.714. The third-order valence-electron chi connectivity index (χ3n) is 2.42. The summed E-state index contributed by atoms with van der Waals surface area (Å²) in [4.78, 5) is 0. The summed E-state index contributed by atoms with van der Waals surface area (Å²) in [5.41, 5.74) is 0. The maximum Gasteiger partial charge on any atom is 0.390 e. The van der Waals surface area contributed by atoms with E-state index >= 15 is 0 Å². The van der Waals surface area contributed by atoms with Crippen LogP contribution in [-0.4, -0.2) is 23.6 Å². The molecule has 98 valence electrons. The molecule has 0 amide bonds. The smallest absolute Gasteiger partial charge is 0.390 e. The van der Waals surface area contributed by atoms with Crippen molar-refractivity contribution in [2.45, 2.75) is 30.0 Å². The summed E-state index contributed by atoms with van der Waals surface area (Å²) in [5.74, 6) is -22.3. The molecule has 2 rings (SSSR count). The molecule has 2 fully saturated rings. The monoisotopic (exact) mass is 270 g/mol. The molecule has 0 aromatic rings. The van der Waals surface area contributed by atoms with Crippen LogP contribution < -0.4 is 0 Å². The van der Waals surface area contributed by atoms with Crippen molar-refractivity contribution in [3.63, 3.8) is 0 Å². The highest BCUT2D eigenvalue weighted by atomic mass is 19.3. The van der Waals surface area contributed by atoms with Crippen LogP contribution in [0, 0.1) is 0 Å². The van der Waals surface area contributed by atoms with Gasteiger partial charge in [-0.15, -0.1) is 0 Å². The Balaban J connectivity index is 2.59. The lowest BCUT2D eigenvalue weighted by atomic mass is 10.1. The Bertz CT molecular complexity index is 373. The third-order valence-corrected chi connectivity index (χ3v) is 2.42. The predicted molar refractivity (Wildman–Crippen MR) is 33.6 cm³/mol. The fourth-order valence-electron chi connectivity index (χ4n) is 1.61. The average Bonchev–Trinajstić information content (AvgIpc) is 2.44. The van der Waals surface area contributed by atoms with E-state index in [0.717, 1.165) is 0 Å². The van der Waals surface area contributed by atoms with Gasteiger partial charge in [0.15, 0.2) is 0 Å². The van der Waals surface area contributed by atoms with Gasteiger partial charge in [-0.25, -0.2) is 0 Å². The van der Waals surface area contributed by atoms with Crippen LogP contribution in [0.1, 0.15) is 6.42 Å². The Kier molecular flexibility index (Phi) is 2.00. The fourth-order valence-corrected chi connectivity index (χ4v) is 1.61. The summed E-state index contributed by atoms with van der Waals surface area (Å²) in [7, 11) is 0. The van der Waals surface area contributed by atoms with Crippen molar-refractivity contribution in [3.05, 3.63) is 12.0 Å². The SMILES string of the molecule is FC(F)=C1OC2(F)C(F)(F)CC(F)(F)C2(F)O1. The Morgan fingerprint density at radius 3 is 1.47 bits per heavy atom. The van der Waals surface area contributed by atoms with Crippen molar-refractivity contribution >= 4 is 0 Å². The van der Waals surface area contributed by atoms with Gasteiger partial charge in [0.1, 0.15) is 0 Å². The maximum absolute atomic E-state index is 13.4. The summed E-state index contributed by atoms with van der Waals surface area (Å²) < 4.78 is 109. The molecule has 1 heterocycles. The molecule has 10 heteroatoms. The number of ether oxygens (including phenoxy) is 2. The first-order chi connectivity index (χ1) is 7.47. The molecule has 2 aliphatic rings. The van der Waals surface area contributed by atoms with Gasteiger partial charge in [-0.05, 0) is 0 Å². The van der Waals surface area contributed by atoms with Crippen molar-refractivity contribution < 1.29 is 44.6 Å². The number of rotatable bonds is 0. The van der Waals surface area contributed by atoms with Crippen LogP contribution in [-0.2, 0) is 9.47 Å². The van der Waals surface area contributed by atoms with Crippen LogP contribution in [0.4, 0.5) is 35.1 Å². The van der Waals surface area contributed by atoms with Crippen molar-refractivity contribution in [1.29, 1.82) is 0 Å². The second-order valence-electron chi connectivity index (χ2n) is 3.53. The molecule has 0 aromatic heterocycles. The highest BCUT2D eigenvalue weighted by Crippen LogP contribution is 2.66.